The molecule has 1 aliphatic rings. The molecule has 2 rings (SSSR count). The van der Waals surface area contributed by atoms with Crippen LogP contribution in [-0.4, -0.2) is 28.5 Å². The van der Waals surface area contributed by atoms with Gasteiger partial charge in [-0.25, -0.2) is 4.98 Å². The molecular formula is C13H18N2O3S. The van der Waals surface area contributed by atoms with E-state index in [0.29, 0.717) is 24.5 Å². The normalized spacial score (nSPS) is 26.9. The van der Waals surface area contributed by atoms with Crippen LogP contribution < -0.4 is 5.32 Å². The van der Waals surface area contributed by atoms with Gasteiger partial charge in [-0.3, -0.25) is 9.59 Å². The summed E-state index contributed by atoms with van der Waals surface area (Å²) >= 11 is 1.35. The molecule has 0 unspecified atom stereocenters. The molecule has 1 saturated carbocycles. The number of carboxylic acids is 1. The Bertz CT molecular complexity index is 450. The fraction of sp³-hybridized carbons (Fsp3) is 0.615. The molecule has 19 heavy (non-hydrogen) atoms. The number of aromatic nitrogens is 1. The van der Waals surface area contributed by atoms with Crippen LogP contribution in [-0.2, 0) is 4.79 Å². The van der Waals surface area contributed by atoms with E-state index in [9.17, 15) is 14.7 Å². The Kier molecular flexibility index (Phi) is 4.19. The van der Waals surface area contributed by atoms with Gasteiger partial charge in [-0.1, -0.05) is 6.92 Å². The maximum Gasteiger partial charge on any atom is 0.311 e. The Balaban J connectivity index is 1.98. The lowest BCUT2D eigenvalue weighted by molar-refractivity contribution is -0.151. The zero-order valence-corrected chi connectivity index (χ0v) is 11.7. The lowest BCUT2D eigenvalue weighted by atomic mass is 9.71. The predicted octanol–water partition coefficient (Wildman–Crippen LogP) is 2.15. The van der Waals surface area contributed by atoms with Gasteiger partial charge in [0.05, 0.1) is 10.9 Å². The van der Waals surface area contributed by atoms with Crippen molar-refractivity contribution in [3.05, 3.63) is 16.6 Å². The second-order valence-corrected chi connectivity index (χ2v) is 6.04. The average Bonchev–Trinajstić information content (AvgIpc) is 2.92. The first-order valence-electron chi connectivity index (χ1n) is 6.43. The van der Waals surface area contributed by atoms with E-state index in [1.165, 1.54) is 11.3 Å². The van der Waals surface area contributed by atoms with Gasteiger partial charge in [0, 0.05) is 11.9 Å². The highest BCUT2D eigenvalue weighted by Gasteiger charge is 2.41. The van der Waals surface area contributed by atoms with Crippen molar-refractivity contribution in [3.8, 4) is 0 Å². The van der Waals surface area contributed by atoms with Gasteiger partial charge in [-0.05, 0) is 31.6 Å². The summed E-state index contributed by atoms with van der Waals surface area (Å²) in [4.78, 5) is 27.3. The quantitative estimate of drug-likeness (QED) is 0.887. The second-order valence-electron chi connectivity index (χ2n) is 5.32. The standard InChI is InChI=1S/C13H18N2O3S/c1-9-2-4-13(5-3-9,12(17)18)7-14-11(16)10-6-19-8-15-10/h6,8-9H,2-5,7H2,1H3,(H,14,16)(H,17,18). The van der Waals surface area contributed by atoms with Crippen LogP contribution in [0.4, 0.5) is 0 Å². The smallest absolute Gasteiger partial charge is 0.311 e. The average molecular weight is 282 g/mol. The van der Waals surface area contributed by atoms with E-state index in [1.807, 2.05) is 0 Å². The van der Waals surface area contributed by atoms with E-state index in [0.717, 1.165) is 12.8 Å². The van der Waals surface area contributed by atoms with E-state index in [1.54, 1.807) is 10.9 Å². The Morgan fingerprint density at radius 2 is 2.21 bits per heavy atom. The minimum atomic E-state index is -0.807. The minimum Gasteiger partial charge on any atom is -0.481 e. The van der Waals surface area contributed by atoms with E-state index in [2.05, 4.69) is 17.2 Å². The first-order valence-corrected chi connectivity index (χ1v) is 7.37. The number of carbonyl (C=O) groups excluding carboxylic acids is 1. The molecule has 1 fully saturated rings. The highest BCUT2D eigenvalue weighted by Crippen LogP contribution is 2.38. The van der Waals surface area contributed by atoms with Gasteiger partial charge in [0.1, 0.15) is 5.69 Å². The van der Waals surface area contributed by atoms with Crippen LogP contribution in [0.1, 0.15) is 43.1 Å². The van der Waals surface area contributed by atoms with Crippen LogP contribution in [0, 0.1) is 11.3 Å². The Hall–Kier alpha value is -1.43. The molecule has 1 aliphatic carbocycles. The van der Waals surface area contributed by atoms with Crippen molar-refractivity contribution >= 4 is 23.2 Å². The number of aliphatic carboxylic acids is 1. The molecule has 0 aromatic carbocycles. The largest absolute Gasteiger partial charge is 0.481 e. The molecule has 1 aromatic heterocycles. The molecule has 0 atom stereocenters. The number of nitrogens with one attached hydrogen (secondary N) is 1. The summed E-state index contributed by atoms with van der Waals surface area (Å²) in [6.07, 6.45) is 3.05. The molecule has 1 amide bonds. The maximum atomic E-state index is 11.8. The molecule has 6 heteroatoms. The van der Waals surface area contributed by atoms with Crippen molar-refractivity contribution < 1.29 is 14.7 Å². The number of hydrogen-bond donors (Lipinski definition) is 2. The van der Waals surface area contributed by atoms with Gasteiger partial charge >= 0.3 is 5.97 Å². The zero-order chi connectivity index (χ0) is 13.9. The fourth-order valence-electron chi connectivity index (χ4n) is 2.45. The fourth-order valence-corrected chi connectivity index (χ4v) is 2.98. The maximum absolute atomic E-state index is 11.8. The third kappa shape index (κ3) is 3.12. The van der Waals surface area contributed by atoms with E-state index < -0.39 is 11.4 Å². The summed E-state index contributed by atoms with van der Waals surface area (Å²) in [5.41, 5.74) is 1.14. The van der Waals surface area contributed by atoms with Crippen molar-refractivity contribution in [1.29, 1.82) is 0 Å². The highest BCUT2D eigenvalue weighted by atomic mass is 32.1. The summed E-state index contributed by atoms with van der Waals surface area (Å²) in [7, 11) is 0. The summed E-state index contributed by atoms with van der Waals surface area (Å²) in [5, 5.41) is 13.8. The number of hydrogen-bond acceptors (Lipinski definition) is 4. The van der Waals surface area contributed by atoms with Crippen LogP contribution in [0.5, 0.6) is 0 Å². The van der Waals surface area contributed by atoms with Crippen molar-refractivity contribution in [2.24, 2.45) is 11.3 Å². The third-order valence-electron chi connectivity index (χ3n) is 3.94. The van der Waals surface area contributed by atoms with Crippen LogP contribution >= 0.6 is 11.3 Å². The number of rotatable bonds is 4. The van der Waals surface area contributed by atoms with E-state index in [-0.39, 0.29) is 12.5 Å². The second kappa shape index (κ2) is 5.69. The monoisotopic (exact) mass is 282 g/mol. The van der Waals surface area contributed by atoms with Crippen LogP contribution in [0.3, 0.4) is 0 Å². The molecule has 1 aromatic rings. The van der Waals surface area contributed by atoms with Crippen LogP contribution in [0.2, 0.25) is 0 Å². The topological polar surface area (TPSA) is 79.3 Å². The predicted molar refractivity (Wildman–Crippen MR) is 72.1 cm³/mol. The molecule has 104 valence electrons. The molecule has 0 saturated heterocycles. The molecule has 0 bridgehead atoms. The van der Waals surface area contributed by atoms with E-state index in [4.69, 9.17) is 0 Å². The first kappa shape index (κ1) is 14.0. The number of amides is 1. The van der Waals surface area contributed by atoms with Crippen molar-refractivity contribution in [2.45, 2.75) is 32.6 Å². The highest BCUT2D eigenvalue weighted by molar-refractivity contribution is 7.07. The number of thiazole rings is 1. The van der Waals surface area contributed by atoms with Gasteiger partial charge in [-0.2, -0.15) is 0 Å². The molecule has 0 radical (unpaired) electrons. The van der Waals surface area contributed by atoms with Crippen LogP contribution in [0.15, 0.2) is 10.9 Å². The minimum absolute atomic E-state index is 0.186. The lowest BCUT2D eigenvalue weighted by Gasteiger charge is -2.35. The van der Waals surface area contributed by atoms with Crippen molar-refractivity contribution in [1.82, 2.24) is 10.3 Å². The zero-order valence-electron chi connectivity index (χ0n) is 10.9. The van der Waals surface area contributed by atoms with Crippen LogP contribution in [0.25, 0.3) is 0 Å². The Labute approximate surface area is 116 Å². The SMILES string of the molecule is CC1CCC(CNC(=O)c2cscn2)(C(=O)O)CC1. The lowest BCUT2D eigenvalue weighted by Crippen LogP contribution is -2.45. The number of nitrogens with zero attached hydrogens (tertiary/aromatic N) is 1. The third-order valence-corrected chi connectivity index (χ3v) is 4.52. The van der Waals surface area contributed by atoms with Gasteiger partial charge in [0.2, 0.25) is 0 Å². The number of carbonyl (C=O) groups is 2. The summed E-state index contributed by atoms with van der Waals surface area (Å²) in [5.74, 6) is -0.528. The van der Waals surface area contributed by atoms with Crippen molar-refractivity contribution in [3.63, 3.8) is 0 Å². The van der Waals surface area contributed by atoms with Gasteiger partial charge in [-0.15, -0.1) is 11.3 Å². The molecule has 5 nitrogen and oxygen atoms in total. The van der Waals surface area contributed by atoms with Gasteiger partial charge in [0.15, 0.2) is 0 Å². The summed E-state index contributed by atoms with van der Waals surface area (Å²) < 4.78 is 0. The molecule has 2 N–H and O–H groups in total. The van der Waals surface area contributed by atoms with Crippen molar-refractivity contribution in [2.75, 3.05) is 6.54 Å². The first-order chi connectivity index (χ1) is 9.03. The number of carboxylic acid groups (broad SMARTS) is 1. The van der Waals surface area contributed by atoms with Gasteiger partial charge < -0.3 is 10.4 Å². The summed E-state index contributed by atoms with van der Waals surface area (Å²) in [6, 6.07) is 0. The van der Waals surface area contributed by atoms with Gasteiger partial charge in [0.25, 0.3) is 5.91 Å². The Morgan fingerprint density at radius 3 is 2.74 bits per heavy atom. The molecule has 0 spiro atoms. The Morgan fingerprint density at radius 1 is 1.53 bits per heavy atom. The summed E-state index contributed by atoms with van der Waals surface area (Å²) in [6.45, 7) is 2.32. The van der Waals surface area contributed by atoms with E-state index >= 15 is 0 Å². The molecule has 0 aliphatic heterocycles. The molecular weight excluding hydrogens is 264 g/mol. The molecule has 1 heterocycles.